The van der Waals surface area contributed by atoms with Crippen molar-refractivity contribution in [3.05, 3.63) is 49.3 Å². The van der Waals surface area contributed by atoms with Gasteiger partial charge in [-0.15, -0.1) is 0 Å². The predicted octanol–water partition coefficient (Wildman–Crippen LogP) is 2.44. The Morgan fingerprint density at radius 3 is 2.43 bits per heavy atom. The average molecular weight is 441 g/mol. The van der Waals surface area contributed by atoms with Crippen LogP contribution in [0.5, 0.6) is 0 Å². The van der Waals surface area contributed by atoms with Gasteiger partial charge in [-0.2, -0.15) is 0 Å². The molecule has 0 saturated carbocycles. The molecule has 1 N–H and O–H groups in total. The van der Waals surface area contributed by atoms with Crippen LogP contribution < -0.4 is 4.72 Å². The van der Waals surface area contributed by atoms with Crippen molar-refractivity contribution < 1.29 is 13.3 Å². The van der Waals surface area contributed by atoms with Gasteiger partial charge in [-0.1, -0.05) is 11.6 Å². The average Bonchev–Trinajstić information content (AvgIpc) is 2.40. The molecule has 110 valence electrons. The number of benzene rings is 1. The first-order chi connectivity index (χ1) is 9.79. The molecule has 2 rings (SSSR count). The summed E-state index contributed by atoms with van der Waals surface area (Å²) in [4.78, 5) is 17.2. The van der Waals surface area contributed by atoms with E-state index in [4.69, 9.17) is 11.6 Å². The lowest BCUT2D eigenvalue weighted by molar-refractivity contribution is -0.384. The topological polar surface area (TPSA) is 115 Å². The molecule has 0 aliphatic heterocycles. The highest BCUT2D eigenvalue weighted by molar-refractivity contribution is 14.1. The van der Waals surface area contributed by atoms with Gasteiger partial charge < -0.3 is 0 Å². The summed E-state index contributed by atoms with van der Waals surface area (Å²) in [6, 6.07) is 3.07. The summed E-state index contributed by atoms with van der Waals surface area (Å²) in [6.45, 7) is 0. The molecular weight excluding hydrogens is 435 g/mol. The van der Waals surface area contributed by atoms with E-state index >= 15 is 0 Å². The van der Waals surface area contributed by atoms with Crippen molar-refractivity contribution in [2.45, 2.75) is 4.90 Å². The molecular formula is C10H6ClIN4O4S. The zero-order valence-corrected chi connectivity index (χ0v) is 13.8. The quantitative estimate of drug-likeness (QED) is 0.444. The molecule has 0 aliphatic rings. The zero-order chi connectivity index (χ0) is 15.6. The maximum Gasteiger partial charge on any atom is 0.271 e. The minimum absolute atomic E-state index is 0.121. The molecule has 11 heteroatoms. The van der Waals surface area contributed by atoms with Crippen molar-refractivity contribution in [3.63, 3.8) is 0 Å². The smallest absolute Gasteiger partial charge is 0.258 e. The Labute approximate surface area is 137 Å². The van der Waals surface area contributed by atoms with Gasteiger partial charge in [0.15, 0.2) is 0 Å². The van der Waals surface area contributed by atoms with Crippen LogP contribution in [0.3, 0.4) is 0 Å². The van der Waals surface area contributed by atoms with E-state index in [-0.39, 0.29) is 21.6 Å². The standard InChI is InChI=1S/C10H6ClIN4O4S/c11-8-3-7(16(17)18)1-2-9(8)21(19,20)15-10-13-4-6(12)5-14-10/h1-5H,(H,13,14,15). The number of rotatable bonds is 4. The Morgan fingerprint density at radius 2 is 1.90 bits per heavy atom. The van der Waals surface area contributed by atoms with E-state index in [1.807, 2.05) is 22.6 Å². The molecule has 2 aromatic rings. The van der Waals surface area contributed by atoms with Gasteiger partial charge in [0.05, 0.1) is 9.95 Å². The van der Waals surface area contributed by atoms with Gasteiger partial charge in [0.2, 0.25) is 5.95 Å². The van der Waals surface area contributed by atoms with Crippen LogP contribution in [0.2, 0.25) is 5.02 Å². The fourth-order valence-electron chi connectivity index (χ4n) is 1.36. The van der Waals surface area contributed by atoms with Crippen molar-refractivity contribution in [3.8, 4) is 0 Å². The van der Waals surface area contributed by atoms with Gasteiger partial charge in [0.1, 0.15) is 4.90 Å². The van der Waals surface area contributed by atoms with E-state index in [1.54, 1.807) is 0 Å². The van der Waals surface area contributed by atoms with E-state index in [0.29, 0.717) is 0 Å². The van der Waals surface area contributed by atoms with Gasteiger partial charge in [-0.25, -0.2) is 23.1 Å². The Kier molecular flexibility index (Phi) is 4.58. The summed E-state index contributed by atoms with van der Waals surface area (Å²) >= 11 is 7.76. The second kappa shape index (κ2) is 6.07. The molecule has 1 aromatic heterocycles. The van der Waals surface area contributed by atoms with Gasteiger partial charge in [-0.3, -0.25) is 10.1 Å². The number of nitro groups is 1. The molecule has 0 fully saturated rings. The zero-order valence-electron chi connectivity index (χ0n) is 10.0. The van der Waals surface area contributed by atoms with Crippen LogP contribution in [-0.2, 0) is 10.0 Å². The first-order valence-corrected chi connectivity index (χ1v) is 8.18. The van der Waals surface area contributed by atoms with Gasteiger partial charge in [0, 0.05) is 28.1 Å². The fourth-order valence-corrected chi connectivity index (χ4v) is 3.14. The summed E-state index contributed by atoms with van der Waals surface area (Å²) in [5, 5.41) is 10.3. The molecule has 0 amide bonds. The third kappa shape index (κ3) is 3.77. The molecule has 0 bridgehead atoms. The second-order valence-electron chi connectivity index (χ2n) is 3.70. The summed E-state index contributed by atoms with van der Waals surface area (Å²) in [6.07, 6.45) is 2.87. The second-order valence-corrected chi connectivity index (χ2v) is 7.01. The van der Waals surface area contributed by atoms with E-state index in [1.165, 1.54) is 12.4 Å². The van der Waals surface area contributed by atoms with Crippen molar-refractivity contribution in [1.82, 2.24) is 9.97 Å². The highest BCUT2D eigenvalue weighted by Crippen LogP contribution is 2.27. The number of nitrogens with one attached hydrogen (secondary N) is 1. The molecule has 0 unspecified atom stereocenters. The summed E-state index contributed by atoms with van der Waals surface area (Å²) < 4.78 is 27.2. The molecule has 1 heterocycles. The number of nitro benzene ring substituents is 1. The lowest BCUT2D eigenvalue weighted by Gasteiger charge is -2.07. The van der Waals surface area contributed by atoms with Crippen LogP contribution in [-0.4, -0.2) is 23.3 Å². The normalized spacial score (nSPS) is 11.1. The SMILES string of the molecule is O=[N+]([O-])c1ccc(S(=O)(=O)Nc2ncc(I)cn2)c(Cl)c1. The number of hydrogen-bond donors (Lipinski definition) is 1. The monoisotopic (exact) mass is 440 g/mol. The van der Waals surface area contributed by atoms with Crippen LogP contribution in [0.1, 0.15) is 0 Å². The van der Waals surface area contributed by atoms with Crippen LogP contribution in [0.25, 0.3) is 0 Å². The van der Waals surface area contributed by atoms with Crippen molar-refractivity contribution >= 4 is 55.9 Å². The van der Waals surface area contributed by atoms with Crippen molar-refractivity contribution in [2.24, 2.45) is 0 Å². The fraction of sp³-hybridized carbons (Fsp3) is 0. The molecule has 0 atom stereocenters. The van der Waals surface area contributed by atoms with Gasteiger partial charge >= 0.3 is 0 Å². The molecule has 0 radical (unpaired) electrons. The maximum absolute atomic E-state index is 12.1. The van der Waals surface area contributed by atoms with Crippen molar-refractivity contribution in [1.29, 1.82) is 0 Å². The van der Waals surface area contributed by atoms with E-state index in [0.717, 1.165) is 21.8 Å². The Balaban J connectivity index is 2.35. The summed E-state index contributed by atoms with van der Waals surface area (Å²) in [7, 11) is -4.03. The first kappa shape index (κ1) is 15.9. The molecule has 0 saturated heterocycles. The third-order valence-corrected chi connectivity index (χ3v) is 4.63. The predicted molar refractivity (Wildman–Crippen MR) is 83.7 cm³/mol. The number of hydrogen-bond acceptors (Lipinski definition) is 6. The van der Waals surface area contributed by atoms with Crippen LogP contribution in [0, 0.1) is 13.7 Å². The molecule has 1 aromatic carbocycles. The maximum atomic E-state index is 12.1. The molecule has 8 nitrogen and oxygen atoms in total. The van der Waals surface area contributed by atoms with Crippen LogP contribution in [0.15, 0.2) is 35.5 Å². The number of sulfonamides is 1. The van der Waals surface area contributed by atoms with E-state index < -0.39 is 14.9 Å². The number of aromatic nitrogens is 2. The van der Waals surface area contributed by atoms with Crippen LogP contribution >= 0.6 is 34.2 Å². The van der Waals surface area contributed by atoms with Gasteiger partial charge in [-0.05, 0) is 28.7 Å². The summed E-state index contributed by atoms with van der Waals surface area (Å²) in [5.74, 6) is -0.121. The number of halogens is 2. The minimum atomic E-state index is -4.03. The van der Waals surface area contributed by atoms with Crippen molar-refractivity contribution in [2.75, 3.05) is 4.72 Å². The highest BCUT2D eigenvalue weighted by Gasteiger charge is 2.21. The molecule has 0 aliphatic carbocycles. The third-order valence-electron chi connectivity index (χ3n) is 2.26. The Morgan fingerprint density at radius 1 is 1.29 bits per heavy atom. The summed E-state index contributed by atoms with van der Waals surface area (Å²) in [5.41, 5.74) is -0.301. The number of anilines is 1. The Hall–Kier alpha value is -1.53. The van der Waals surface area contributed by atoms with E-state index in [2.05, 4.69) is 14.7 Å². The van der Waals surface area contributed by atoms with Crippen LogP contribution in [0.4, 0.5) is 11.6 Å². The van der Waals surface area contributed by atoms with E-state index in [9.17, 15) is 18.5 Å². The number of non-ortho nitro benzene ring substituents is 1. The lowest BCUT2D eigenvalue weighted by atomic mass is 10.3. The van der Waals surface area contributed by atoms with Gasteiger partial charge in [0.25, 0.3) is 15.7 Å². The number of nitrogens with zero attached hydrogens (tertiary/aromatic N) is 3. The highest BCUT2D eigenvalue weighted by atomic mass is 127. The largest absolute Gasteiger partial charge is 0.271 e. The lowest BCUT2D eigenvalue weighted by Crippen LogP contribution is -2.15. The molecule has 0 spiro atoms. The first-order valence-electron chi connectivity index (χ1n) is 5.24. The Bertz CT molecular complexity index is 797. The molecule has 21 heavy (non-hydrogen) atoms. The minimum Gasteiger partial charge on any atom is -0.258 e.